The first-order chi connectivity index (χ1) is 12.7. The Labute approximate surface area is 182 Å². The first kappa shape index (κ1) is 31.7. The Hall–Kier alpha value is -0.964. The summed E-state index contributed by atoms with van der Waals surface area (Å²) in [4.78, 5) is 0. The van der Waals surface area contributed by atoms with Crippen LogP contribution >= 0.6 is 0 Å². The largest absolute Gasteiger partial charge is 0 e. The summed E-state index contributed by atoms with van der Waals surface area (Å²) in [6.45, 7) is 29.6. The van der Waals surface area contributed by atoms with Crippen molar-refractivity contribution in [1.82, 2.24) is 0 Å². The SMILES string of the molecule is C[Si](C)(C)CCOC[N+]1=C([Si](C)(C)C)Cc2ccccc21.[C-]#[O+].[C-]#[O+].[C-]#[O+].[Cr]. The Morgan fingerprint density at radius 1 is 0.929 bits per heavy atom. The van der Waals surface area contributed by atoms with Crippen LogP contribution < -0.4 is 0 Å². The van der Waals surface area contributed by atoms with Crippen LogP contribution in [-0.2, 0) is 42.5 Å². The van der Waals surface area contributed by atoms with Crippen LogP contribution in [0, 0.1) is 20.0 Å². The molecule has 0 saturated carbocycles. The van der Waals surface area contributed by atoms with Crippen molar-refractivity contribution in [2.24, 2.45) is 0 Å². The molecular formula is C20H30CrNO4Si2+. The van der Waals surface area contributed by atoms with Gasteiger partial charge in [-0.05, 0) is 6.04 Å². The summed E-state index contributed by atoms with van der Waals surface area (Å²) in [5, 5.41) is 1.61. The van der Waals surface area contributed by atoms with E-state index >= 15 is 0 Å². The van der Waals surface area contributed by atoms with Crippen molar-refractivity contribution in [3.05, 3.63) is 49.8 Å². The third-order valence-corrected chi connectivity index (χ3v) is 7.93. The Morgan fingerprint density at radius 3 is 1.89 bits per heavy atom. The van der Waals surface area contributed by atoms with Gasteiger partial charge in [0.1, 0.15) is 5.33 Å². The average Bonchev–Trinajstić information content (AvgIpc) is 3.02. The van der Waals surface area contributed by atoms with Gasteiger partial charge >= 0.3 is 33.9 Å². The van der Waals surface area contributed by atoms with Crippen LogP contribution in [0.25, 0.3) is 0 Å². The van der Waals surface area contributed by atoms with Crippen LogP contribution in [0.1, 0.15) is 5.56 Å². The molecule has 0 unspecified atom stereocenters. The van der Waals surface area contributed by atoms with Crippen molar-refractivity contribution in [2.75, 3.05) is 13.3 Å². The van der Waals surface area contributed by atoms with Crippen molar-refractivity contribution >= 4 is 27.2 Å². The molecule has 0 aromatic heterocycles. The number of hydrogen-bond acceptors (Lipinski definition) is 1. The zero-order valence-electron chi connectivity index (χ0n) is 17.6. The van der Waals surface area contributed by atoms with Crippen LogP contribution in [0.4, 0.5) is 5.69 Å². The number of para-hydroxylation sites is 1. The number of hydrogen-bond donors (Lipinski definition) is 0. The molecular weight excluding hydrogens is 426 g/mol. The third kappa shape index (κ3) is 11.1. The monoisotopic (exact) mass is 456 g/mol. The standard InChI is InChI=1S/C17H30NOSi2.3CO.Cr/c1-20(2,3)12-11-19-14-18-16-10-8-7-9-15(16)13-17(18)21(4,5)6;3*1-2;/h7-10H,11-14H2,1-6H3;;;;/q+1;;;;. The van der Waals surface area contributed by atoms with Crippen molar-refractivity contribution in [3.63, 3.8) is 0 Å². The second-order valence-corrected chi connectivity index (χ2v) is 19.0. The minimum Gasteiger partial charge on any atom is 0 e. The molecule has 0 bridgehead atoms. The molecule has 1 aromatic rings. The summed E-state index contributed by atoms with van der Waals surface area (Å²) in [6.07, 6.45) is 1.11. The summed E-state index contributed by atoms with van der Waals surface area (Å²) >= 11 is 0. The van der Waals surface area contributed by atoms with E-state index < -0.39 is 16.1 Å². The molecule has 0 amide bonds. The fraction of sp³-hybridized carbons (Fsp3) is 0.500. The van der Waals surface area contributed by atoms with Gasteiger partial charge < -0.3 is 4.74 Å². The van der Waals surface area contributed by atoms with E-state index in [4.69, 9.17) is 18.7 Å². The van der Waals surface area contributed by atoms with Gasteiger partial charge in [0, 0.05) is 37.1 Å². The molecule has 1 aliphatic heterocycles. The quantitative estimate of drug-likeness (QED) is 0.206. The summed E-state index contributed by atoms with van der Waals surface area (Å²) in [5.74, 6) is 0. The van der Waals surface area contributed by atoms with Crippen molar-refractivity contribution < 1.29 is 40.6 Å². The molecule has 28 heavy (non-hydrogen) atoms. The molecule has 1 aromatic carbocycles. The normalized spacial score (nSPS) is 11.9. The van der Waals surface area contributed by atoms with Gasteiger partial charge in [0.25, 0.3) is 6.73 Å². The number of nitrogens with zero attached hydrogens (tertiary/aromatic N) is 1. The van der Waals surface area contributed by atoms with Crippen molar-refractivity contribution in [1.29, 1.82) is 0 Å². The van der Waals surface area contributed by atoms with E-state index in [-0.39, 0.29) is 17.4 Å². The summed E-state index contributed by atoms with van der Waals surface area (Å²) in [6, 6.07) is 10.0. The molecule has 0 fully saturated rings. The first-order valence-electron chi connectivity index (χ1n) is 8.59. The summed E-state index contributed by atoms with van der Waals surface area (Å²) in [5.41, 5.74) is 2.83. The maximum absolute atomic E-state index is 7.50. The van der Waals surface area contributed by atoms with Crippen LogP contribution in [0.2, 0.25) is 45.3 Å². The second kappa shape index (κ2) is 15.9. The number of ether oxygens (including phenoxy) is 1. The Morgan fingerprint density at radius 2 is 1.43 bits per heavy atom. The zero-order chi connectivity index (χ0) is 21.7. The summed E-state index contributed by atoms with van der Waals surface area (Å²) < 4.78 is 31.0. The molecule has 0 spiro atoms. The number of benzene rings is 1. The van der Waals surface area contributed by atoms with Gasteiger partial charge in [0.2, 0.25) is 5.69 Å². The first-order valence-corrected chi connectivity index (χ1v) is 15.8. The Bertz CT molecular complexity index is 657. The Balaban J connectivity index is -0.000000815. The average molecular weight is 457 g/mol. The van der Waals surface area contributed by atoms with E-state index in [0.29, 0.717) is 0 Å². The molecule has 152 valence electrons. The maximum Gasteiger partial charge on any atom is 0 e. The van der Waals surface area contributed by atoms with Gasteiger partial charge in [-0.2, -0.15) is 4.58 Å². The van der Waals surface area contributed by atoms with Gasteiger partial charge in [-0.3, -0.25) is 0 Å². The van der Waals surface area contributed by atoms with E-state index in [1.807, 2.05) is 0 Å². The number of rotatable bonds is 6. The molecule has 0 saturated heterocycles. The van der Waals surface area contributed by atoms with Crippen LogP contribution in [0.15, 0.2) is 24.3 Å². The van der Waals surface area contributed by atoms with Gasteiger partial charge in [0.15, 0.2) is 8.07 Å². The predicted octanol–water partition coefficient (Wildman–Crippen LogP) is 4.40. The van der Waals surface area contributed by atoms with E-state index in [9.17, 15) is 0 Å². The molecule has 0 N–H and O–H groups in total. The van der Waals surface area contributed by atoms with E-state index in [1.54, 1.807) is 5.33 Å². The molecule has 1 aliphatic rings. The second-order valence-electron chi connectivity index (χ2n) is 8.28. The van der Waals surface area contributed by atoms with E-state index in [0.717, 1.165) is 19.8 Å². The van der Waals surface area contributed by atoms with Crippen molar-refractivity contribution in [3.8, 4) is 0 Å². The molecule has 1 heterocycles. The Kier molecular flexibility index (Phi) is 18.0. The molecule has 8 heteroatoms. The fourth-order valence-corrected chi connectivity index (χ4v) is 5.17. The number of fused-ring (bicyclic) bond motifs is 1. The minimum atomic E-state index is -1.31. The summed E-state index contributed by atoms with van der Waals surface area (Å²) in [7, 11) is -2.31. The molecule has 5 nitrogen and oxygen atoms in total. The zero-order valence-corrected chi connectivity index (χ0v) is 20.9. The topological polar surface area (TPSA) is 71.9 Å². The minimum absolute atomic E-state index is 0. The van der Waals surface area contributed by atoms with Gasteiger partial charge in [-0.25, -0.2) is 0 Å². The maximum atomic E-state index is 7.50. The van der Waals surface area contributed by atoms with Crippen LogP contribution in [0.3, 0.4) is 0 Å². The van der Waals surface area contributed by atoms with Crippen molar-refractivity contribution in [2.45, 2.75) is 51.7 Å². The van der Waals surface area contributed by atoms with Gasteiger partial charge in [-0.15, -0.1) is 0 Å². The molecule has 0 radical (unpaired) electrons. The van der Waals surface area contributed by atoms with Crippen LogP contribution in [-0.4, -0.2) is 39.4 Å². The molecule has 2 rings (SSSR count). The van der Waals surface area contributed by atoms with E-state index in [2.05, 4.69) is 88.1 Å². The molecule has 0 aliphatic carbocycles. The van der Waals surface area contributed by atoms with Gasteiger partial charge in [0.05, 0.1) is 13.0 Å². The smallest absolute Gasteiger partial charge is 0 e. The van der Waals surface area contributed by atoms with Gasteiger partial charge in [-0.1, -0.05) is 57.5 Å². The fourth-order valence-electron chi connectivity index (χ4n) is 2.70. The van der Waals surface area contributed by atoms with E-state index in [1.165, 1.54) is 17.3 Å². The third-order valence-electron chi connectivity index (χ3n) is 4.05. The van der Waals surface area contributed by atoms with Crippen LogP contribution in [0.5, 0.6) is 0 Å². The molecule has 0 atom stereocenters. The predicted molar refractivity (Wildman–Crippen MR) is 109 cm³/mol.